The van der Waals surface area contributed by atoms with E-state index >= 15 is 0 Å². The average Bonchev–Trinajstić information content (AvgIpc) is 3.39. The molecule has 1 saturated carbocycles. The van der Waals surface area contributed by atoms with Gasteiger partial charge in [-0.3, -0.25) is 19.8 Å². The number of rotatable bonds is 4. The van der Waals surface area contributed by atoms with Crippen LogP contribution in [0, 0.1) is 23.2 Å². The van der Waals surface area contributed by atoms with Crippen molar-refractivity contribution in [2.75, 3.05) is 38.5 Å². The van der Waals surface area contributed by atoms with E-state index in [2.05, 4.69) is 48.1 Å². The van der Waals surface area contributed by atoms with Gasteiger partial charge in [-0.25, -0.2) is 4.98 Å². The number of piperazine rings is 1. The van der Waals surface area contributed by atoms with Crippen molar-refractivity contribution >= 4 is 28.3 Å². The molecule has 2 aliphatic carbocycles. The number of thiazole rings is 1. The lowest BCUT2D eigenvalue weighted by atomic mass is 9.54. The monoisotopic (exact) mass is 522 g/mol. The number of benzene rings is 1. The lowest BCUT2D eigenvalue weighted by Crippen LogP contribution is -2.50. The first kappa shape index (κ1) is 25.0. The van der Waals surface area contributed by atoms with Gasteiger partial charge in [-0.15, -0.1) is 11.3 Å². The maximum absolute atomic E-state index is 13.1. The van der Waals surface area contributed by atoms with Crippen molar-refractivity contribution in [2.45, 2.75) is 58.6 Å². The molecule has 0 radical (unpaired) electrons. The van der Waals surface area contributed by atoms with Gasteiger partial charge in [0.25, 0.3) is 5.91 Å². The fourth-order valence-electron chi connectivity index (χ4n) is 7.33. The molecule has 7 nitrogen and oxygen atoms in total. The number of nitrogens with zero attached hydrogens (tertiary/aromatic N) is 3. The summed E-state index contributed by atoms with van der Waals surface area (Å²) in [5.74, 6) is 0.597. The van der Waals surface area contributed by atoms with Gasteiger partial charge in [0.05, 0.1) is 11.6 Å². The molecule has 2 saturated heterocycles. The van der Waals surface area contributed by atoms with E-state index in [1.165, 1.54) is 10.4 Å². The van der Waals surface area contributed by atoms with Gasteiger partial charge in [-0.05, 0) is 49.4 Å². The molecule has 8 heteroatoms. The predicted molar refractivity (Wildman–Crippen MR) is 145 cm³/mol. The van der Waals surface area contributed by atoms with Gasteiger partial charge in [0.2, 0.25) is 0 Å². The molecule has 1 aromatic heterocycles. The van der Waals surface area contributed by atoms with Crippen LogP contribution < -0.4 is 5.32 Å². The Hall–Kier alpha value is -2.29. The van der Waals surface area contributed by atoms with E-state index in [9.17, 15) is 9.59 Å². The van der Waals surface area contributed by atoms with Gasteiger partial charge < -0.3 is 9.64 Å². The Labute approximate surface area is 223 Å². The molecular formula is C29H38N4O3S. The Morgan fingerprint density at radius 2 is 1.89 bits per heavy atom. The van der Waals surface area contributed by atoms with E-state index in [1.54, 1.807) is 11.3 Å². The summed E-state index contributed by atoms with van der Waals surface area (Å²) in [7, 11) is 2.17. The number of carbonyl (C=O) groups is 2. The second-order valence-electron chi connectivity index (χ2n) is 12.1. The second-order valence-corrected chi connectivity index (χ2v) is 13.2. The SMILES string of the molecule is C[C@@H]1C(=O)O[C@H]2[C@H]1CC[C@@]1(C)Cc3sc(NC(=O)c4ccc(CN5CCN(C)CC5)cc4)nc3[C@@H](C)[C@H]21. The highest BCUT2D eigenvalue weighted by Gasteiger charge is 2.58. The summed E-state index contributed by atoms with van der Waals surface area (Å²) >= 11 is 1.61. The third kappa shape index (κ3) is 4.51. The summed E-state index contributed by atoms with van der Waals surface area (Å²) in [6, 6.07) is 7.96. The van der Waals surface area contributed by atoms with Crippen molar-refractivity contribution in [3.05, 3.63) is 46.0 Å². The fraction of sp³-hybridized carbons (Fsp3) is 0.621. The summed E-state index contributed by atoms with van der Waals surface area (Å²) in [6.45, 7) is 11.9. The van der Waals surface area contributed by atoms with Crippen LogP contribution in [0.1, 0.15) is 66.0 Å². The van der Waals surface area contributed by atoms with Gasteiger partial charge in [0.15, 0.2) is 5.13 Å². The average molecular weight is 523 g/mol. The number of nitrogens with one attached hydrogen (secondary N) is 1. The van der Waals surface area contributed by atoms with Crippen molar-refractivity contribution in [2.24, 2.45) is 23.2 Å². The minimum atomic E-state index is -0.118. The Morgan fingerprint density at radius 3 is 2.62 bits per heavy atom. The molecule has 1 N–H and O–H groups in total. The van der Waals surface area contributed by atoms with Crippen LogP contribution in [-0.4, -0.2) is 66.0 Å². The zero-order valence-corrected chi connectivity index (χ0v) is 23.1. The fourth-order valence-corrected chi connectivity index (χ4v) is 8.59. The number of esters is 1. The zero-order valence-electron chi connectivity index (χ0n) is 22.3. The molecule has 6 atom stereocenters. The van der Waals surface area contributed by atoms with Crippen LogP contribution in [0.15, 0.2) is 24.3 Å². The van der Waals surface area contributed by atoms with Crippen molar-refractivity contribution in [3.63, 3.8) is 0 Å². The molecule has 0 bridgehead atoms. The summed E-state index contributed by atoms with van der Waals surface area (Å²) in [5.41, 5.74) is 3.04. The minimum absolute atomic E-state index is 0.0126. The number of carbonyl (C=O) groups excluding carboxylic acids is 2. The number of amides is 1. The van der Waals surface area contributed by atoms with E-state index in [0.717, 1.165) is 57.7 Å². The van der Waals surface area contributed by atoms with Crippen molar-refractivity contribution in [3.8, 4) is 0 Å². The Balaban J connectivity index is 1.14. The van der Waals surface area contributed by atoms with Crippen LogP contribution in [0.5, 0.6) is 0 Å². The number of anilines is 1. The first-order chi connectivity index (χ1) is 17.7. The van der Waals surface area contributed by atoms with Crippen LogP contribution in [0.2, 0.25) is 0 Å². The maximum atomic E-state index is 13.1. The first-order valence-electron chi connectivity index (χ1n) is 13.7. The van der Waals surface area contributed by atoms with Crippen LogP contribution in [0.4, 0.5) is 5.13 Å². The lowest BCUT2D eigenvalue weighted by Gasteiger charge is -2.51. The molecule has 0 spiro atoms. The van der Waals surface area contributed by atoms with Crippen LogP contribution in [0.3, 0.4) is 0 Å². The van der Waals surface area contributed by atoms with E-state index in [4.69, 9.17) is 9.72 Å². The Kier molecular flexibility index (Phi) is 6.40. The van der Waals surface area contributed by atoms with Gasteiger partial charge in [0.1, 0.15) is 6.10 Å². The van der Waals surface area contributed by atoms with E-state index in [1.807, 2.05) is 19.1 Å². The Morgan fingerprint density at radius 1 is 1.16 bits per heavy atom. The molecule has 198 valence electrons. The standard InChI is InChI=1S/C29H38N4O3S/c1-17-21-9-10-29(3)15-22-24(18(2)23(29)25(21)36-27(17)35)30-28(37-22)31-26(34)20-7-5-19(6-8-20)16-33-13-11-32(4)12-14-33/h5-8,17-18,21,23,25H,9-16H2,1-4H3,(H,30,31,34)/t17-,18-,21-,23+,25-,29-/m0/s1. The Bertz CT molecular complexity index is 1190. The number of hydrogen-bond donors (Lipinski definition) is 1. The molecule has 1 aromatic carbocycles. The molecule has 2 aromatic rings. The highest BCUT2D eigenvalue weighted by Crippen LogP contribution is 2.59. The molecule has 37 heavy (non-hydrogen) atoms. The zero-order chi connectivity index (χ0) is 25.9. The third-order valence-corrected chi connectivity index (χ3v) is 10.6. The molecule has 4 aliphatic rings. The number of hydrogen-bond acceptors (Lipinski definition) is 7. The summed E-state index contributed by atoms with van der Waals surface area (Å²) in [5, 5.41) is 3.73. The quantitative estimate of drug-likeness (QED) is 0.600. The molecule has 1 amide bonds. The first-order valence-corrected chi connectivity index (χ1v) is 14.5. The molecule has 0 unspecified atom stereocenters. The number of likely N-dealkylation sites (N-methyl/N-ethyl adjacent to an activating group) is 1. The second kappa shape index (κ2) is 9.47. The molecule has 3 heterocycles. The largest absolute Gasteiger partial charge is 0.461 e. The number of fused-ring (bicyclic) bond motifs is 4. The summed E-state index contributed by atoms with van der Waals surface area (Å²) in [4.78, 5) is 36.4. The van der Waals surface area contributed by atoms with Gasteiger partial charge >= 0.3 is 5.97 Å². The summed E-state index contributed by atoms with van der Waals surface area (Å²) in [6.07, 6.45) is 3.05. The third-order valence-electron chi connectivity index (χ3n) is 9.60. The lowest BCUT2D eigenvalue weighted by molar-refractivity contribution is -0.149. The van der Waals surface area contributed by atoms with E-state index < -0.39 is 0 Å². The van der Waals surface area contributed by atoms with Crippen LogP contribution in [0.25, 0.3) is 0 Å². The highest BCUT2D eigenvalue weighted by molar-refractivity contribution is 7.15. The minimum Gasteiger partial charge on any atom is -0.461 e. The van der Waals surface area contributed by atoms with Crippen molar-refractivity contribution in [1.82, 2.24) is 14.8 Å². The topological polar surface area (TPSA) is 74.8 Å². The van der Waals surface area contributed by atoms with Gasteiger partial charge in [-0.1, -0.05) is 32.9 Å². The summed E-state index contributed by atoms with van der Waals surface area (Å²) < 4.78 is 5.95. The highest BCUT2D eigenvalue weighted by atomic mass is 32.1. The number of aromatic nitrogens is 1. The van der Waals surface area contributed by atoms with Crippen LogP contribution in [-0.2, 0) is 22.5 Å². The van der Waals surface area contributed by atoms with Crippen molar-refractivity contribution < 1.29 is 14.3 Å². The van der Waals surface area contributed by atoms with Gasteiger partial charge in [-0.2, -0.15) is 0 Å². The number of ether oxygens (including phenoxy) is 1. The van der Waals surface area contributed by atoms with E-state index in [0.29, 0.717) is 16.6 Å². The molecular weight excluding hydrogens is 484 g/mol. The van der Waals surface area contributed by atoms with E-state index in [-0.39, 0.29) is 41.1 Å². The molecule has 2 aliphatic heterocycles. The van der Waals surface area contributed by atoms with Gasteiger partial charge in [0, 0.05) is 60.9 Å². The molecule has 3 fully saturated rings. The maximum Gasteiger partial charge on any atom is 0.309 e. The smallest absolute Gasteiger partial charge is 0.309 e. The normalized spacial score (nSPS) is 33.8. The predicted octanol–water partition coefficient (Wildman–Crippen LogP) is 4.40. The van der Waals surface area contributed by atoms with Crippen molar-refractivity contribution in [1.29, 1.82) is 0 Å². The molecule has 6 rings (SSSR count). The van der Waals surface area contributed by atoms with Crippen LogP contribution >= 0.6 is 11.3 Å².